The quantitative estimate of drug-likeness (QED) is 0.715. The lowest BCUT2D eigenvalue weighted by Crippen LogP contribution is -2.05. The summed E-state index contributed by atoms with van der Waals surface area (Å²) in [4.78, 5) is 5.46. The summed E-state index contributed by atoms with van der Waals surface area (Å²) < 4.78 is 18.9. The SMILES string of the molecule is CNc1ccc(-c2cc3ccc(OCC[C@H](O)F)cc3s2)cn1. The van der Waals surface area contributed by atoms with E-state index in [2.05, 4.69) is 16.4 Å². The fourth-order valence-corrected chi connectivity index (χ4v) is 3.29. The van der Waals surface area contributed by atoms with Crippen LogP contribution in [0.2, 0.25) is 0 Å². The first-order valence-corrected chi connectivity index (χ1v) is 8.10. The molecule has 23 heavy (non-hydrogen) atoms. The Labute approximate surface area is 137 Å². The van der Waals surface area contributed by atoms with Crippen molar-refractivity contribution < 1.29 is 14.2 Å². The molecule has 120 valence electrons. The van der Waals surface area contributed by atoms with Crippen LogP contribution in [0.1, 0.15) is 6.42 Å². The highest BCUT2D eigenvalue weighted by molar-refractivity contribution is 7.22. The summed E-state index contributed by atoms with van der Waals surface area (Å²) in [7, 11) is 1.84. The number of ether oxygens (including phenoxy) is 1. The Morgan fingerprint density at radius 1 is 1.30 bits per heavy atom. The molecule has 0 fully saturated rings. The number of aromatic nitrogens is 1. The van der Waals surface area contributed by atoms with Crippen LogP contribution in [0.5, 0.6) is 5.75 Å². The van der Waals surface area contributed by atoms with Crippen molar-refractivity contribution in [1.29, 1.82) is 0 Å². The first kappa shape index (κ1) is 15.7. The summed E-state index contributed by atoms with van der Waals surface area (Å²) in [5.41, 5.74) is 1.06. The third-order valence-electron chi connectivity index (χ3n) is 3.42. The van der Waals surface area contributed by atoms with Gasteiger partial charge in [-0.25, -0.2) is 9.37 Å². The summed E-state index contributed by atoms with van der Waals surface area (Å²) in [6.07, 6.45) is -0.0199. The zero-order valence-corrected chi connectivity index (χ0v) is 13.4. The minimum atomic E-state index is -1.83. The Balaban J connectivity index is 1.80. The van der Waals surface area contributed by atoms with E-state index in [0.717, 1.165) is 26.3 Å². The van der Waals surface area contributed by atoms with Crippen LogP contribution in [0.25, 0.3) is 20.5 Å². The first-order valence-electron chi connectivity index (χ1n) is 7.28. The van der Waals surface area contributed by atoms with E-state index in [4.69, 9.17) is 9.84 Å². The predicted molar refractivity (Wildman–Crippen MR) is 91.8 cm³/mol. The maximum Gasteiger partial charge on any atom is 0.199 e. The maximum absolute atomic E-state index is 12.4. The Kier molecular flexibility index (Phi) is 4.73. The third kappa shape index (κ3) is 3.78. The number of nitrogens with one attached hydrogen (secondary N) is 1. The number of aliphatic hydroxyl groups excluding tert-OH is 1. The normalized spacial score (nSPS) is 12.3. The lowest BCUT2D eigenvalue weighted by Gasteiger charge is -2.05. The van der Waals surface area contributed by atoms with Gasteiger partial charge in [0.1, 0.15) is 11.6 Å². The molecule has 0 unspecified atom stereocenters. The zero-order valence-electron chi connectivity index (χ0n) is 12.6. The van der Waals surface area contributed by atoms with Gasteiger partial charge in [0.2, 0.25) is 0 Å². The van der Waals surface area contributed by atoms with Gasteiger partial charge in [-0.1, -0.05) is 0 Å². The number of pyridine rings is 1. The van der Waals surface area contributed by atoms with E-state index in [1.807, 2.05) is 43.6 Å². The molecule has 2 N–H and O–H groups in total. The van der Waals surface area contributed by atoms with E-state index in [9.17, 15) is 4.39 Å². The fourth-order valence-electron chi connectivity index (χ4n) is 2.21. The molecule has 2 aromatic heterocycles. The molecule has 1 atom stereocenters. The molecule has 0 saturated carbocycles. The lowest BCUT2D eigenvalue weighted by molar-refractivity contribution is 0.0231. The number of thiophene rings is 1. The van der Waals surface area contributed by atoms with Crippen LogP contribution >= 0.6 is 11.3 Å². The summed E-state index contributed by atoms with van der Waals surface area (Å²) in [5.74, 6) is 1.51. The van der Waals surface area contributed by atoms with Crippen LogP contribution in [-0.2, 0) is 0 Å². The molecule has 4 nitrogen and oxygen atoms in total. The third-order valence-corrected chi connectivity index (χ3v) is 4.57. The van der Waals surface area contributed by atoms with Gasteiger partial charge >= 0.3 is 0 Å². The number of hydrogen-bond acceptors (Lipinski definition) is 5. The summed E-state index contributed by atoms with van der Waals surface area (Å²) in [6, 6.07) is 11.9. The summed E-state index contributed by atoms with van der Waals surface area (Å²) in [5, 5.41) is 12.7. The van der Waals surface area contributed by atoms with Gasteiger partial charge in [0.05, 0.1) is 6.61 Å². The Morgan fingerprint density at radius 2 is 2.17 bits per heavy atom. The maximum atomic E-state index is 12.4. The molecule has 0 radical (unpaired) electrons. The van der Waals surface area contributed by atoms with Crippen molar-refractivity contribution in [3.8, 4) is 16.2 Å². The number of benzene rings is 1. The first-order chi connectivity index (χ1) is 11.2. The van der Waals surface area contributed by atoms with Gasteiger partial charge in [-0.15, -0.1) is 11.3 Å². The molecule has 0 aliphatic carbocycles. The minimum absolute atomic E-state index is 0.0305. The molecule has 3 rings (SSSR count). The molecule has 1 aromatic carbocycles. The second kappa shape index (κ2) is 6.93. The second-order valence-corrected chi connectivity index (χ2v) is 6.15. The number of nitrogens with zero attached hydrogens (tertiary/aromatic N) is 1. The van der Waals surface area contributed by atoms with Crippen molar-refractivity contribution in [1.82, 2.24) is 4.98 Å². The molecule has 0 spiro atoms. The van der Waals surface area contributed by atoms with Crippen molar-refractivity contribution in [3.63, 3.8) is 0 Å². The van der Waals surface area contributed by atoms with Crippen molar-refractivity contribution in [2.24, 2.45) is 0 Å². The van der Waals surface area contributed by atoms with Gasteiger partial charge in [0, 0.05) is 34.8 Å². The van der Waals surface area contributed by atoms with E-state index >= 15 is 0 Å². The largest absolute Gasteiger partial charge is 0.493 e. The lowest BCUT2D eigenvalue weighted by atomic mass is 10.2. The molecule has 0 aliphatic heterocycles. The number of alkyl halides is 1. The number of rotatable bonds is 6. The minimum Gasteiger partial charge on any atom is -0.493 e. The van der Waals surface area contributed by atoms with E-state index < -0.39 is 6.36 Å². The summed E-state index contributed by atoms with van der Waals surface area (Å²) >= 11 is 1.65. The highest BCUT2D eigenvalue weighted by atomic mass is 32.1. The average Bonchev–Trinajstić information content (AvgIpc) is 2.98. The monoisotopic (exact) mass is 332 g/mol. The van der Waals surface area contributed by atoms with Gasteiger partial charge in [-0.3, -0.25) is 0 Å². The molecular weight excluding hydrogens is 315 g/mol. The molecule has 0 aliphatic rings. The number of fused-ring (bicyclic) bond motifs is 1. The summed E-state index contributed by atoms with van der Waals surface area (Å²) in [6.45, 7) is 0.150. The Bertz CT molecular complexity index is 787. The Hall–Kier alpha value is -2.18. The van der Waals surface area contributed by atoms with Crippen LogP contribution in [0, 0.1) is 0 Å². The molecule has 6 heteroatoms. The molecule has 0 saturated heterocycles. The van der Waals surface area contributed by atoms with Crippen molar-refractivity contribution in [3.05, 3.63) is 42.6 Å². The van der Waals surface area contributed by atoms with Gasteiger partial charge in [0.15, 0.2) is 6.36 Å². The van der Waals surface area contributed by atoms with E-state index in [0.29, 0.717) is 5.75 Å². The smallest absolute Gasteiger partial charge is 0.199 e. The van der Waals surface area contributed by atoms with Gasteiger partial charge in [-0.2, -0.15) is 0 Å². The van der Waals surface area contributed by atoms with E-state index in [1.54, 1.807) is 11.3 Å². The molecule has 3 aromatic rings. The van der Waals surface area contributed by atoms with Crippen LogP contribution in [0.15, 0.2) is 42.6 Å². The molecule has 2 heterocycles. The zero-order chi connectivity index (χ0) is 16.2. The van der Waals surface area contributed by atoms with Crippen LogP contribution < -0.4 is 10.1 Å². The number of aliphatic hydroxyl groups is 1. The van der Waals surface area contributed by atoms with Crippen molar-refractivity contribution in [2.75, 3.05) is 19.0 Å². The average molecular weight is 332 g/mol. The van der Waals surface area contributed by atoms with Crippen molar-refractivity contribution >= 4 is 27.2 Å². The van der Waals surface area contributed by atoms with Gasteiger partial charge in [0.25, 0.3) is 0 Å². The molecule has 0 amide bonds. The number of hydrogen-bond donors (Lipinski definition) is 2. The van der Waals surface area contributed by atoms with Crippen LogP contribution in [0.3, 0.4) is 0 Å². The van der Waals surface area contributed by atoms with Gasteiger partial charge < -0.3 is 15.2 Å². The van der Waals surface area contributed by atoms with Crippen LogP contribution in [-0.4, -0.2) is 30.1 Å². The van der Waals surface area contributed by atoms with Gasteiger partial charge in [-0.05, 0) is 41.8 Å². The van der Waals surface area contributed by atoms with Crippen molar-refractivity contribution in [2.45, 2.75) is 12.8 Å². The highest BCUT2D eigenvalue weighted by Gasteiger charge is 2.07. The van der Waals surface area contributed by atoms with E-state index in [1.165, 1.54) is 0 Å². The van der Waals surface area contributed by atoms with E-state index in [-0.39, 0.29) is 13.0 Å². The molecular formula is C17H17FN2O2S. The predicted octanol–water partition coefficient (Wildman–Crippen LogP) is 4.06. The Morgan fingerprint density at radius 3 is 2.87 bits per heavy atom. The number of halogens is 1. The standard InChI is InChI=1S/C17H17FN2O2S/c1-19-17-5-3-12(10-20-17)14-8-11-2-4-13(9-15(11)23-14)22-7-6-16(18)21/h2-5,8-10,16,21H,6-7H2,1H3,(H,19,20)/t16-/m0/s1. The second-order valence-electron chi connectivity index (χ2n) is 5.06. The highest BCUT2D eigenvalue weighted by Crippen LogP contribution is 2.35. The topological polar surface area (TPSA) is 54.4 Å². The number of anilines is 1. The fraction of sp³-hybridized carbons (Fsp3) is 0.235. The van der Waals surface area contributed by atoms with Crippen LogP contribution in [0.4, 0.5) is 10.2 Å². The molecule has 0 bridgehead atoms.